The zero-order chi connectivity index (χ0) is 15.6. The number of nitriles is 1. The summed E-state index contributed by atoms with van der Waals surface area (Å²) in [5, 5.41) is 7.26. The molecule has 0 N–H and O–H groups in total. The fraction of sp³-hybridized carbons (Fsp3) is 0. The van der Waals surface area contributed by atoms with Gasteiger partial charge in [-0.3, -0.25) is 0 Å². The summed E-state index contributed by atoms with van der Waals surface area (Å²) in [5.74, 6) is 0. The van der Waals surface area contributed by atoms with Gasteiger partial charge in [-0.2, -0.15) is 0 Å². The van der Waals surface area contributed by atoms with Crippen molar-refractivity contribution >= 4 is 46.4 Å². The van der Waals surface area contributed by atoms with Crippen molar-refractivity contribution in [1.29, 1.82) is 5.26 Å². The maximum atomic E-state index is 7.26. The summed E-state index contributed by atoms with van der Waals surface area (Å²) < 4.78 is 4.51. The quantitative estimate of drug-likeness (QED) is 0.544. The second kappa shape index (κ2) is 9.47. The molecule has 0 saturated carbocycles. The summed E-state index contributed by atoms with van der Waals surface area (Å²) in [6, 6.07) is 32.8. The summed E-state index contributed by atoms with van der Waals surface area (Å²) in [5.41, 5.74) is 0. The Morgan fingerprint density at radius 3 is 1.05 bits per heavy atom. The molecule has 0 aliphatic carbocycles. The van der Waals surface area contributed by atoms with Crippen LogP contribution in [0.25, 0.3) is 0 Å². The third kappa shape index (κ3) is 4.74. The molecule has 0 bridgehead atoms. The molecule has 0 heterocycles. The monoisotopic (exact) mass is 467 g/mol. The normalized spacial score (nSPS) is 9.45. The number of nitrogens with zero attached hydrogens (tertiary/aromatic N) is 1. The Morgan fingerprint density at radius 2 is 0.818 bits per heavy atom. The van der Waals surface area contributed by atoms with Crippen LogP contribution in [0.15, 0.2) is 91.0 Å². The van der Waals surface area contributed by atoms with Crippen molar-refractivity contribution in [3.05, 3.63) is 91.0 Å². The average molecular weight is 464 g/mol. The molecule has 1 radical (unpaired) electrons. The molecule has 22 heavy (non-hydrogen) atoms. The van der Waals surface area contributed by atoms with E-state index >= 15 is 0 Å². The van der Waals surface area contributed by atoms with E-state index in [9.17, 15) is 0 Å². The Bertz CT molecular complexity index is 615. The van der Waals surface area contributed by atoms with Crippen molar-refractivity contribution in [3.8, 4) is 4.97 Å². The second-order valence-electron chi connectivity index (χ2n) is 4.34. The van der Waals surface area contributed by atoms with Crippen LogP contribution in [-0.2, 0) is 0 Å². The van der Waals surface area contributed by atoms with Crippen molar-refractivity contribution in [2.24, 2.45) is 0 Å². The molecule has 0 atom stereocenters. The molecule has 3 rings (SSSR count). The Labute approximate surface area is 147 Å². The summed E-state index contributed by atoms with van der Waals surface area (Å²) in [4.78, 5) is 1.62. The molecule has 0 spiro atoms. The Balaban J connectivity index is 0.000000545. The van der Waals surface area contributed by atoms with E-state index in [1.807, 2.05) is 0 Å². The van der Waals surface area contributed by atoms with E-state index in [2.05, 4.69) is 107 Å². The van der Waals surface area contributed by atoms with E-state index in [-0.39, 0.29) is 0 Å². The third-order valence-electron chi connectivity index (χ3n) is 2.94. The first-order valence-electron chi connectivity index (χ1n) is 6.77. The molecular weight excluding hydrogens is 449 g/mol. The van der Waals surface area contributed by atoms with Crippen LogP contribution in [0.4, 0.5) is 0 Å². The molecule has 0 aromatic heterocycles. The minimum atomic E-state index is -1.67. The van der Waals surface area contributed by atoms with Crippen LogP contribution < -0.4 is 10.8 Å². The van der Waals surface area contributed by atoms with Crippen LogP contribution in [0.5, 0.6) is 0 Å². The first kappa shape index (κ1) is 16.8. The van der Waals surface area contributed by atoms with Gasteiger partial charge in [0.25, 0.3) is 0 Å². The van der Waals surface area contributed by atoms with E-state index in [0.29, 0.717) is 0 Å². The fourth-order valence-electron chi connectivity index (χ4n) is 2.08. The SMILES string of the molecule is N#C[Se-].c1ccc([Te](c2ccccc2)c2ccccc2)cc1. The minimum absolute atomic E-state index is 1.50. The van der Waals surface area contributed by atoms with Gasteiger partial charge in [-0.15, -0.1) is 0 Å². The molecule has 3 heteroatoms. The van der Waals surface area contributed by atoms with Crippen LogP contribution in [0.1, 0.15) is 0 Å². The van der Waals surface area contributed by atoms with Crippen LogP contribution in [0.3, 0.4) is 0 Å². The van der Waals surface area contributed by atoms with Gasteiger partial charge in [0.2, 0.25) is 0 Å². The van der Waals surface area contributed by atoms with Crippen molar-refractivity contribution in [1.82, 2.24) is 0 Å². The van der Waals surface area contributed by atoms with Gasteiger partial charge in [0.15, 0.2) is 0 Å². The summed E-state index contributed by atoms with van der Waals surface area (Å²) in [7, 11) is 0. The third-order valence-corrected chi connectivity index (χ3v) is 9.30. The number of benzene rings is 3. The molecule has 3 aromatic rings. The van der Waals surface area contributed by atoms with E-state index < -0.39 is 19.6 Å². The summed E-state index contributed by atoms with van der Waals surface area (Å²) in [6.07, 6.45) is 0. The predicted molar refractivity (Wildman–Crippen MR) is 95.3 cm³/mol. The molecule has 109 valence electrons. The van der Waals surface area contributed by atoms with Gasteiger partial charge >= 0.3 is 148 Å². The molecular formula is C19H15NSeTe-. The maximum absolute atomic E-state index is 7.26. The van der Waals surface area contributed by atoms with E-state index in [1.54, 1.807) is 4.97 Å². The van der Waals surface area contributed by atoms with Crippen molar-refractivity contribution in [2.45, 2.75) is 0 Å². The Hall–Kier alpha value is -1.54. The van der Waals surface area contributed by atoms with Crippen LogP contribution in [0.2, 0.25) is 0 Å². The molecule has 0 amide bonds. The predicted octanol–water partition coefficient (Wildman–Crippen LogP) is 1.84. The van der Waals surface area contributed by atoms with Crippen LogP contribution >= 0.6 is 0 Å². The van der Waals surface area contributed by atoms with Gasteiger partial charge in [0, 0.05) is 0 Å². The van der Waals surface area contributed by atoms with Gasteiger partial charge in [-0.1, -0.05) is 0 Å². The molecule has 0 saturated heterocycles. The van der Waals surface area contributed by atoms with Gasteiger partial charge in [0.05, 0.1) is 0 Å². The first-order valence-corrected chi connectivity index (χ1v) is 11.1. The molecule has 1 nitrogen and oxygen atoms in total. The number of hydrogen-bond donors (Lipinski definition) is 0. The van der Waals surface area contributed by atoms with Gasteiger partial charge in [-0.25, -0.2) is 0 Å². The fourth-order valence-corrected chi connectivity index (χ4v) is 8.08. The molecule has 3 aromatic carbocycles. The Morgan fingerprint density at radius 1 is 0.591 bits per heavy atom. The van der Waals surface area contributed by atoms with Gasteiger partial charge in [0.1, 0.15) is 0 Å². The summed E-state index contributed by atoms with van der Waals surface area (Å²) >= 11 is 0.440. The molecule has 0 fully saturated rings. The number of hydrogen-bond acceptors (Lipinski definition) is 1. The first-order chi connectivity index (χ1) is 10.9. The zero-order valence-corrected chi connectivity index (χ0v) is 16.0. The molecule has 0 aliphatic rings. The van der Waals surface area contributed by atoms with Crippen LogP contribution in [0, 0.1) is 10.2 Å². The van der Waals surface area contributed by atoms with Crippen molar-refractivity contribution in [3.63, 3.8) is 0 Å². The summed E-state index contributed by atoms with van der Waals surface area (Å²) in [6.45, 7) is 0. The van der Waals surface area contributed by atoms with E-state index in [1.165, 1.54) is 10.8 Å². The van der Waals surface area contributed by atoms with E-state index in [0.717, 1.165) is 0 Å². The second-order valence-corrected chi connectivity index (χ2v) is 10.5. The number of rotatable bonds is 3. The zero-order valence-electron chi connectivity index (χ0n) is 11.9. The van der Waals surface area contributed by atoms with E-state index in [4.69, 9.17) is 5.26 Å². The standard InChI is InChI=1S/C18H15Te.CHNSe/c1-4-10-16(11-5-1)19(17-12-6-2-7-13-17)18-14-8-3-9-15-18;2-1-3/h1-15H;3H/p-1. The van der Waals surface area contributed by atoms with Gasteiger partial charge < -0.3 is 0 Å². The van der Waals surface area contributed by atoms with Crippen molar-refractivity contribution in [2.75, 3.05) is 0 Å². The van der Waals surface area contributed by atoms with Crippen molar-refractivity contribution < 1.29 is 0 Å². The average Bonchev–Trinajstić information content (AvgIpc) is 2.59. The topological polar surface area (TPSA) is 23.8 Å². The molecule has 0 aliphatic heterocycles. The van der Waals surface area contributed by atoms with Crippen LogP contribution in [-0.4, -0.2) is 35.6 Å². The van der Waals surface area contributed by atoms with Gasteiger partial charge in [-0.05, 0) is 0 Å². The Kier molecular flexibility index (Phi) is 7.24. The molecule has 0 unspecified atom stereocenters.